The molecule has 1 aliphatic rings. The summed E-state index contributed by atoms with van der Waals surface area (Å²) in [6, 6.07) is 0.565. The van der Waals surface area contributed by atoms with E-state index in [1.165, 1.54) is 32.1 Å². The summed E-state index contributed by atoms with van der Waals surface area (Å²) in [6.45, 7) is 5.72. The van der Waals surface area contributed by atoms with Gasteiger partial charge < -0.3 is 5.32 Å². The van der Waals surface area contributed by atoms with Crippen molar-refractivity contribution in [2.45, 2.75) is 58.4 Å². The Balaban J connectivity index is 1.97. The standard InChI is InChI=1S/C15H28N4/c1-4-9-16-14(10-15-17-11-18-19(15)3)13-7-5-12(2)6-8-13/h11-14,16H,4-10H2,1-3H3. The first-order valence-corrected chi connectivity index (χ1v) is 7.77. The SMILES string of the molecule is CCCNC(Cc1ncnn1C)C1CCC(C)CC1. The predicted octanol–water partition coefficient (Wildman–Crippen LogP) is 2.55. The van der Waals surface area contributed by atoms with Crippen molar-refractivity contribution in [3.63, 3.8) is 0 Å². The smallest absolute Gasteiger partial charge is 0.138 e. The van der Waals surface area contributed by atoms with Crippen molar-refractivity contribution in [3.8, 4) is 0 Å². The number of aromatic nitrogens is 3. The summed E-state index contributed by atoms with van der Waals surface area (Å²) in [6.07, 6.45) is 9.35. The van der Waals surface area contributed by atoms with Gasteiger partial charge in [0, 0.05) is 19.5 Å². The van der Waals surface area contributed by atoms with E-state index >= 15 is 0 Å². The lowest BCUT2D eigenvalue weighted by atomic mass is 9.78. The van der Waals surface area contributed by atoms with E-state index in [9.17, 15) is 0 Å². The molecule has 0 aliphatic heterocycles. The van der Waals surface area contributed by atoms with Crippen LogP contribution in [0.15, 0.2) is 6.33 Å². The van der Waals surface area contributed by atoms with Crippen LogP contribution in [0.25, 0.3) is 0 Å². The van der Waals surface area contributed by atoms with Gasteiger partial charge in [-0.15, -0.1) is 0 Å². The Morgan fingerprint density at radius 2 is 2.11 bits per heavy atom. The summed E-state index contributed by atoms with van der Waals surface area (Å²) in [4.78, 5) is 4.39. The molecular weight excluding hydrogens is 236 g/mol. The fraction of sp³-hybridized carbons (Fsp3) is 0.867. The number of rotatable bonds is 6. The van der Waals surface area contributed by atoms with Crippen LogP contribution in [0.3, 0.4) is 0 Å². The van der Waals surface area contributed by atoms with Gasteiger partial charge in [0.25, 0.3) is 0 Å². The highest BCUT2D eigenvalue weighted by atomic mass is 15.3. The first kappa shape index (κ1) is 14.5. The van der Waals surface area contributed by atoms with Gasteiger partial charge in [-0.05, 0) is 37.6 Å². The Morgan fingerprint density at radius 1 is 1.37 bits per heavy atom. The molecule has 1 fully saturated rings. The number of nitrogens with zero attached hydrogens (tertiary/aromatic N) is 3. The molecule has 1 N–H and O–H groups in total. The van der Waals surface area contributed by atoms with Gasteiger partial charge >= 0.3 is 0 Å². The van der Waals surface area contributed by atoms with Gasteiger partial charge in [-0.3, -0.25) is 4.68 Å². The molecule has 0 radical (unpaired) electrons. The molecule has 1 aromatic heterocycles. The second kappa shape index (κ2) is 7.04. The molecule has 1 heterocycles. The summed E-state index contributed by atoms with van der Waals surface area (Å²) < 4.78 is 1.91. The minimum Gasteiger partial charge on any atom is -0.313 e. The third kappa shape index (κ3) is 4.03. The van der Waals surface area contributed by atoms with Gasteiger partial charge in [0.1, 0.15) is 12.2 Å². The highest BCUT2D eigenvalue weighted by molar-refractivity contribution is 4.92. The third-order valence-corrected chi connectivity index (χ3v) is 4.49. The van der Waals surface area contributed by atoms with Crippen LogP contribution in [-0.2, 0) is 13.5 Å². The van der Waals surface area contributed by atoms with Gasteiger partial charge in [-0.25, -0.2) is 4.98 Å². The molecule has 0 saturated heterocycles. The number of aryl methyl sites for hydroxylation is 1. The molecule has 1 atom stereocenters. The van der Waals surface area contributed by atoms with Crippen molar-refractivity contribution in [1.29, 1.82) is 0 Å². The van der Waals surface area contributed by atoms with Crippen molar-refractivity contribution >= 4 is 0 Å². The summed E-state index contributed by atoms with van der Waals surface area (Å²) in [5, 5.41) is 7.92. The molecule has 19 heavy (non-hydrogen) atoms. The summed E-state index contributed by atoms with van der Waals surface area (Å²) >= 11 is 0. The zero-order valence-corrected chi connectivity index (χ0v) is 12.6. The van der Waals surface area contributed by atoms with Crippen molar-refractivity contribution in [1.82, 2.24) is 20.1 Å². The number of nitrogens with one attached hydrogen (secondary N) is 1. The van der Waals surface area contributed by atoms with Crippen LogP contribution >= 0.6 is 0 Å². The molecule has 1 aliphatic carbocycles. The summed E-state index contributed by atoms with van der Waals surface area (Å²) in [5.74, 6) is 2.82. The largest absolute Gasteiger partial charge is 0.313 e. The Labute approximate surface area is 117 Å². The fourth-order valence-electron chi connectivity index (χ4n) is 3.13. The van der Waals surface area contributed by atoms with Crippen molar-refractivity contribution in [3.05, 3.63) is 12.2 Å². The van der Waals surface area contributed by atoms with Gasteiger partial charge in [-0.1, -0.05) is 26.7 Å². The molecule has 0 amide bonds. The van der Waals surface area contributed by atoms with Gasteiger partial charge in [0.2, 0.25) is 0 Å². The predicted molar refractivity (Wildman–Crippen MR) is 77.9 cm³/mol. The Kier molecular flexibility index (Phi) is 5.37. The minimum absolute atomic E-state index is 0.565. The molecule has 4 nitrogen and oxygen atoms in total. The van der Waals surface area contributed by atoms with E-state index in [0.717, 1.165) is 30.6 Å². The van der Waals surface area contributed by atoms with Crippen LogP contribution in [-0.4, -0.2) is 27.4 Å². The van der Waals surface area contributed by atoms with E-state index in [2.05, 4.69) is 29.2 Å². The van der Waals surface area contributed by atoms with E-state index in [4.69, 9.17) is 0 Å². The van der Waals surface area contributed by atoms with E-state index in [-0.39, 0.29) is 0 Å². The number of hydrogen-bond acceptors (Lipinski definition) is 3. The van der Waals surface area contributed by atoms with Gasteiger partial charge in [-0.2, -0.15) is 5.10 Å². The monoisotopic (exact) mass is 264 g/mol. The van der Waals surface area contributed by atoms with Crippen LogP contribution in [0.4, 0.5) is 0 Å². The van der Waals surface area contributed by atoms with Gasteiger partial charge in [0.05, 0.1) is 0 Å². The maximum absolute atomic E-state index is 4.39. The topological polar surface area (TPSA) is 42.7 Å². The van der Waals surface area contributed by atoms with Gasteiger partial charge in [0.15, 0.2) is 0 Å². The first-order chi connectivity index (χ1) is 9.20. The Morgan fingerprint density at radius 3 is 2.68 bits per heavy atom. The van der Waals surface area contributed by atoms with E-state index in [1.54, 1.807) is 6.33 Å². The molecule has 1 unspecified atom stereocenters. The van der Waals surface area contributed by atoms with Crippen LogP contribution in [0, 0.1) is 11.8 Å². The lowest BCUT2D eigenvalue weighted by Crippen LogP contribution is -2.40. The molecule has 108 valence electrons. The highest BCUT2D eigenvalue weighted by Gasteiger charge is 2.26. The average Bonchev–Trinajstić information content (AvgIpc) is 2.81. The zero-order valence-electron chi connectivity index (χ0n) is 12.6. The molecule has 0 spiro atoms. The normalized spacial score (nSPS) is 25.4. The fourth-order valence-corrected chi connectivity index (χ4v) is 3.13. The number of hydrogen-bond donors (Lipinski definition) is 1. The second-order valence-corrected chi connectivity index (χ2v) is 6.08. The van der Waals surface area contributed by atoms with Crippen LogP contribution < -0.4 is 5.32 Å². The van der Waals surface area contributed by atoms with Crippen molar-refractivity contribution < 1.29 is 0 Å². The van der Waals surface area contributed by atoms with Crippen LogP contribution in [0.2, 0.25) is 0 Å². The van der Waals surface area contributed by atoms with E-state index in [0.29, 0.717) is 6.04 Å². The van der Waals surface area contributed by atoms with E-state index < -0.39 is 0 Å². The Hall–Kier alpha value is -0.900. The van der Waals surface area contributed by atoms with E-state index in [1.807, 2.05) is 11.7 Å². The molecule has 2 rings (SSSR count). The minimum atomic E-state index is 0.565. The lowest BCUT2D eigenvalue weighted by Gasteiger charge is -2.33. The second-order valence-electron chi connectivity index (χ2n) is 6.08. The maximum atomic E-state index is 4.39. The third-order valence-electron chi connectivity index (χ3n) is 4.49. The zero-order chi connectivity index (χ0) is 13.7. The molecular formula is C15H28N4. The average molecular weight is 264 g/mol. The molecule has 4 heteroatoms. The highest BCUT2D eigenvalue weighted by Crippen LogP contribution is 2.31. The molecule has 0 aromatic carbocycles. The first-order valence-electron chi connectivity index (χ1n) is 7.77. The van der Waals surface area contributed by atoms with Crippen LogP contribution in [0.1, 0.15) is 51.8 Å². The maximum Gasteiger partial charge on any atom is 0.138 e. The molecule has 0 bridgehead atoms. The summed E-state index contributed by atoms with van der Waals surface area (Å²) in [7, 11) is 1.99. The molecule has 1 saturated carbocycles. The molecule has 1 aromatic rings. The van der Waals surface area contributed by atoms with Crippen molar-refractivity contribution in [2.24, 2.45) is 18.9 Å². The summed E-state index contributed by atoms with van der Waals surface area (Å²) in [5.41, 5.74) is 0. The van der Waals surface area contributed by atoms with Crippen LogP contribution in [0.5, 0.6) is 0 Å². The Bertz CT molecular complexity index is 366. The quantitative estimate of drug-likeness (QED) is 0.858. The van der Waals surface area contributed by atoms with Crippen molar-refractivity contribution in [2.75, 3.05) is 6.54 Å². The lowest BCUT2D eigenvalue weighted by molar-refractivity contribution is 0.226.